The normalized spacial score (nSPS) is 9.43. The lowest BCUT2D eigenvalue weighted by molar-refractivity contribution is 1.58. The minimum Gasteiger partial charge on any atom is -0.180 e. The van der Waals surface area contributed by atoms with E-state index in [-0.39, 0.29) is 0 Å². The molecule has 1 rings (SSSR count). The van der Waals surface area contributed by atoms with Gasteiger partial charge in [-0.25, -0.2) is 0 Å². The smallest absolute Gasteiger partial charge is 0.143 e. The quantitative estimate of drug-likeness (QED) is 0.640. The van der Waals surface area contributed by atoms with Crippen LogP contribution in [0.25, 0.3) is 0 Å². The summed E-state index contributed by atoms with van der Waals surface area (Å²) in [6.07, 6.45) is 0. The van der Waals surface area contributed by atoms with Crippen molar-refractivity contribution in [3.63, 3.8) is 0 Å². The fraction of sp³-hybridized carbons (Fsp3) is 0. The minimum absolute atomic E-state index is 0.592. The van der Waals surface area contributed by atoms with E-state index in [0.717, 1.165) is 2.88 Å². The largest absolute Gasteiger partial charge is 0.180 e. The first-order valence-corrected chi connectivity index (χ1v) is 3.80. The Labute approximate surface area is 64.0 Å². The highest BCUT2D eigenvalue weighted by molar-refractivity contribution is 14.1. The van der Waals surface area contributed by atoms with E-state index in [9.17, 15) is 0 Å². The van der Waals surface area contributed by atoms with Crippen molar-refractivity contribution in [2.24, 2.45) is 0 Å². The third-order valence-corrected chi connectivity index (χ3v) is 2.23. The summed E-state index contributed by atoms with van der Waals surface area (Å²) < 4.78 is 4.94. The zero-order chi connectivity index (χ0) is 5.28. The molecule has 1 nitrogen and oxygen atoms in total. The van der Waals surface area contributed by atoms with E-state index in [4.69, 9.17) is 11.6 Å². The van der Waals surface area contributed by atoms with Gasteiger partial charge in [0.15, 0.2) is 0 Å². The summed E-state index contributed by atoms with van der Waals surface area (Å²) in [4.78, 5) is 0. The van der Waals surface area contributed by atoms with Gasteiger partial charge in [-0.3, -0.25) is 0 Å². The van der Waals surface area contributed by atoms with Crippen LogP contribution < -0.4 is 0 Å². The number of hydrogen-bond donors (Lipinski definition) is 0. The standard InChI is InChI=1S/C3HClINS/c4-2-1-3(5)7-6-2/h1H. The average molecular weight is 245 g/mol. The van der Waals surface area contributed by atoms with Gasteiger partial charge in [0.2, 0.25) is 0 Å². The first-order chi connectivity index (χ1) is 3.29. The van der Waals surface area contributed by atoms with Crippen LogP contribution in [-0.2, 0) is 0 Å². The zero-order valence-corrected chi connectivity index (χ0v) is 6.92. The Balaban J connectivity index is 3.04. The third kappa shape index (κ3) is 1.54. The lowest BCUT2D eigenvalue weighted by Gasteiger charge is -1.62. The Morgan fingerprint density at radius 2 is 2.57 bits per heavy atom. The van der Waals surface area contributed by atoms with Gasteiger partial charge in [0.05, 0.1) is 2.88 Å². The Kier molecular flexibility index (Phi) is 1.88. The molecule has 0 bridgehead atoms. The molecule has 0 aliphatic rings. The van der Waals surface area contributed by atoms with E-state index in [1.54, 1.807) is 0 Å². The maximum absolute atomic E-state index is 5.46. The molecule has 38 valence electrons. The Hall–Kier alpha value is 0.650. The molecule has 1 aromatic rings. The summed E-state index contributed by atoms with van der Waals surface area (Å²) in [6.45, 7) is 0. The van der Waals surface area contributed by atoms with Crippen molar-refractivity contribution < 1.29 is 0 Å². The van der Waals surface area contributed by atoms with E-state index >= 15 is 0 Å². The summed E-state index contributed by atoms with van der Waals surface area (Å²) >= 11 is 9.04. The molecule has 0 saturated heterocycles. The molecule has 0 atom stereocenters. The van der Waals surface area contributed by atoms with E-state index in [0.29, 0.717) is 5.15 Å². The van der Waals surface area contributed by atoms with E-state index in [1.165, 1.54) is 11.5 Å². The average Bonchev–Trinajstić information content (AvgIpc) is 1.87. The van der Waals surface area contributed by atoms with Crippen LogP contribution in [0.15, 0.2) is 6.07 Å². The topological polar surface area (TPSA) is 12.9 Å². The van der Waals surface area contributed by atoms with Crippen LogP contribution in [-0.4, -0.2) is 4.37 Å². The fourth-order valence-corrected chi connectivity index (χ4v) is 1.68. The molecular weight excluding hydrogens is 244 g/mol. The molecule has 0 aliphatic heterocycles. The van der Waals surface area contributed by atoms with Gasteiger partial charge in [0, 0.05) is 6.07 Å². The summed E-state index contributed by atoms with van der Waals surface area (Å²) in [5.41, 5.74) is 0. The van der Waals surface area contributed by atoms with Crippen LogP contribution in [0.5, 0.6) is 0 Å². The highest BCUT2D eigenvalue weighted by Crippen LogP contribution is 2.15. The lowest BCUT2D eigenvalue weighted by atomic mass is 10.8. The van der Waals surface area contributed by atoms with Gasteiger partial charge in [-0.1, -0.05) is 11.6 Å². The van der Waals surface area contributed by atoms with Crippen LogP contribution in [0, 0.1) is 2.88 Å². The molecule has 0 unspecified atom stereocenters. The van der Waals surface area contributed by atoms with Crippen molar-refractivity contribution in [3.8, 4) is 0 Å². The number of rotatable bonds is 0. The highest BCUT2D eigenvalue weighted by atomic mass is 127. The minimum atomic E-state index is 0.592. The molecule has 0 saturated carbocycles. The van der Waals surface area contributed by atoms with Crippen molar-refractivity contribution >= 4 is 45.7 Å². The molecule has 0 radical (unpaired) electrons. The molecule has 1 aromatic heterocycles. The monoisotopic (exact) mass is 245 g/mol. The van der Waals surface area contributed by atoms with Crippen LogP contribution in [0.1, 0.15) is 0 Å². The molecule has 7 heavy (non-hydrogen) atoms. The van der Waals surface area contributed by atoms with E-state index < -0.39 is 0 Å². The van der Waals surface area contributed by atoms with Gasteiger partial charge >= 0.3 is 0 Å². The Morgan fingerprint density at radius 1 is 1.86 bits per heavy atom. The number of hydrogen-bond acceptors (Lipinski definition) is 2. The number of aromatic nitrogens is 1. The molecule has 0 fully saturated rings. The third-order valence-electron chi connectivity index (χ3n) is 0.453. The predicted octanol–water partition coefficient (Wildman–Crippen LogP) is 2.40. The summed E-state index contributed by atoms with van der Waals surface area (Å²) in [7, 11) is 0. The second-order valence-corrected chi connectivity index (χ2v) is 4.04. The molecule has 0 aromatic carbocycles. The van der Waals surface area contributed by atoms with Crippen molar-refractivity contribution in [1.29, 1.82) is 0 Å². The van der Waals surface area contributed by atoms with Crippen LogP contribution in [0.3, 0.4) is 0 Å². The lowest BCUT2D eigenvalue weighted by Crippen LogP contribution is -1.47. The molecule has 1 heterocycles. The molecule has 0 aliphatic carbocycles. The summed E-state index contributed by atoms with van der Waals surface area (Å²) in [5, 5.41) is 0.592. The summed E-state index contributed by atoms with van der Waals surface area (Å²) in [6, 6.07) is 1.83. The van der Waals surface area contributed by atoms with Gasteiger partial charge in [-0.15, -0.1) is 0 Å². The maximum Gasteiger partial charge on any atom is 0.143 e. The highest BCUT2D eigenvalue weighted by Gasteiger charge is 1.90. The van der Waals surface area contributed by atoms with Gasteiger partial charge in [-0.05, 0) is 34.1 Å². The molecule has 0 N–H and O–H groups in total. The first-order valence-electron chi connectivity index (χ1n) is 1.57. The molecule has 0 amide bonds. The van der Waals surface area contributed by atoms with Crippen molar-refractivity contribution in [2.75, 3.05) is 0 Å². The number of halogens is 2. The van der Waals surface area contributed by atoms with Crippen molar-refractivity contribution in [1.82, 2.24) is 4.37 Å². The van der Waals surface area contributed by atoms with Crippen LogP contribution in [0.2, 0.25) is 5.15 Å². The Bertz CT molecular complexity index is 147. The summed E-state index contributed by atoms with van der Waals surface area (Å²) in [5.74, 6) is 0. The molecule has 4 heteroatoms. The van der Waals surface area contributed by atoms with Crippen molar-refractivity contribution in [3.05, 3.63) is 14.1 Å². The predicted molar refractivity (Wildman–Crippen MR) is 39.8 cm³/mol. The van der Waals surface area contributed by atoms with Crippen LogP contribution in [0.4, 0.5) is 0 Å². The first kappa shape index (κ1) is 5.78. The van der Waals surface area contributed by atoms with Crippen molar-refractivity contribution in [2.45, 2.75) is 0 Å². The second-order valence-electron chi connectivity index (χ2n) is 0.954. The van der Waals surface area contributed by atoms with Gasteiger partial charge in [-0.2, -0.15) is 4.37 Å². The molecule has 0 spiro atoms. The SMILES string of the molecule is Clc1cc(I)sn1. The van der Waals surface area contributed by atoms with E-state index in [2.05, 4.69) is 27.0 Å². The molecular formula is C3HClINS. The van der Waals surface area contributed by atoms with Gasteiger partial charge < -0.3 is 0 Å². The maximum atomic E-state index is 5.46. The zero-order valence-electron chi connectivity index (χ0n) is 3.19. The van der Waals surface area contributed by atoms with E-state index in [1.807, 2.05) is 6.07 Å². The number of nitrogens with zero attached hydrogens (tertiary/aromatic N) is 1. The van der Waals surface area contributed by atoms with Gasteiger partial charge in [0.25, 0.3) is 0 Å². The Morgan fingerprint density at radius 3 is 2.71 bits per heavy atom. The van der Waals surface area contributed by atoms with Gasteiger partial charge in [0.1, 0.15) is 5.15 Å². The second kappa shape index (κ2) is 2.28. The van der Waals surface area contributed by atoms with Crippen LogP contribution >= 0.6 is 45.7 Å². The fourth-order valence-electron chi connectivity index (χ4n) is 0.234.